The van der Waals surface area contributed by atoms with Crippen molar-refractivity contribution in [1.82, 2.24) is 34.3 Å². The van der Waals surface area contributed by atoms with E-state index >= 15 is 0 Å². The zero-order valence-electron chi connectivity index (χ0n) is 22.0. The number of nitrogens with two attached hydrogens (primary N) is 1. The van der Waals surface area contributed by atoms with Crippen LogP contribution in [0.4, 0.5) is 0 Å². The van der Waals surface area contributed by atoms with Crippen LogP contribution in [0.25, 0.3) is 16.9 Å². The first-order valence-corrected chi connectivity index (χ1v) is 13.5. The summed E-state index contributed by atoms with van der Waals surface area (Å²) in [6.45, 7) is 1.98. The maximum Gasteiger partial charge on any atom is 0.327 e. The van der Waals surface area contributed by atoms with Gasteiger partial charge in [-0.15, -0.1) is 5.10 Å². The van der Waals surface area contributed by atoms with Gasteiger partial charge in [-0.3, -0.25) is 18.8 Å². The topological polar surface area (TPSA) is 136 Å². The minimum Gasteiger partial charge on any atom is -0.465 e. The summed E-state index contributed by atoms with van der Waals surface area (Å²) in [6, 6.07) is 16.8. The summed E-state index contributed by atoms with van der Waals surface area (Å²) in [5.41, 5.74) is 9.48. The van der Waals surface area contributed by atoms with E-state index in [1.165, 1.54) is 26.3 Å². The van der Waals surface area contributed by atoms with Crippen LogP contribution in [0.15, 0.2) is 84.2 Å². The van der Waals surface area contributed by atoms with Crippen molar-refractivity contribution in [1.29, 1.82) is 0 Å². The molecule has 0 fully saturated rings. The molecule has 0 unspecified atom stereocenters. The Hall–Kier alpha value is -4.32. The Kier molecular flexibility index (Phi) is 8.58. The second-order valence-electron chi connectivity index (χ2n) is 9.19. The van der Waals surface area contributed by atoms with Crippen molar-refractivity contribution >= 4 is 29.2 Å². The minimum atomic E-state index is -0.692. The van der Waals surface area contributed by atoms with Crippen molar-refractivity contribution in [2.75, 3.05) is 6.61 Å². The molecule has 2 N–H and O–H groups in total. The van der Waals surface area contributed by atoms with E-state index in [9.17, 15) is 9.59 Å². The van der Waals surface area contributed by atoms with Gasteiger partial charge in [-0.2, -0.15) is 5.10 Å². The number of hydrogen-bond donors (Lipinski definition) is 1. The molecule has 2 atom stereocenters. The fourth-order valence-corrected chi connectivity index (χ4v) is 4.81. The summed E-state index contributed by atoms with van der Waals surface area (Å²) >= 11 is 12.3. The molecule has 5 rings (SSSR count). The van der Waals surface area contributed by atoms with E-state index in [4.69, 9.17) is 33.7 Å². The predicted octanol–water partition coefficient (Wildman–Crippen LogP) is 4.04. The zero-order chi connectivity index (χ0) is 28.9. The SMILES string of the molecule is CCOC(=O)Cn1ccc([C@@H](N)[C@H](Cc2ccccc2)n2cnc(-c3cc(Cl)ccc3-n3cc(Cl)nn3)cc2=O)n1. The number of esters is 1. The van der Waals surface area contributed by atoms with Crippen LogP contribution in [-0.4, -0.2) is 46.9 Å². The first-order valence-electron chi connectivity index (χ1n) is 12.8. The van der Waals surface area contributed by atoms with Crippen LogP contribution in [0.3, 0.4) is 0 Å². The lowest BCUT2D eigenvalue weighted by Crippen LogP contribution is -2.34. The average molecular weight is 593 g/mol. The van der Waals surface area contributed by atoms with Gasteiger partial charge in [0, 0.05) is 22.8 Å². The van der Waals surface area contributed by atoms with Gasteiger partial charge in [0.25, 0.3) is 5.56 Å². The number of nitrogens with zero attached hydrogens (tertiary/aromatic N) is 7. The maximum absolute atomic E-state index is 13.6. The lowest BCUT2D eigenvalue weighted by Gasteiger charge is -2.25. The molecule has 3 heterocycles. The summed E-state index contributed by atoms with van der Waals surface area (Å²) in [5, 5.41) is 13.0. The van der Waals surface area contributed by atoms with Gasteiger partial charge in [0.05, 0.1) is 48.3 Å². The van der Waals surface area contributed by atoms with E-state index in [-0.39, 0.29) is 23.9 Å². The Bertz CT molecular complexity index is 1720. The monoisotopic (exact) mass is 592 g/mol. The molecule has 0 spiro atoms. The highest BCUT2D eigenvalue weighted by atomic mass is 35.5. The van der Waals surface area contributed by atoms with Gasteiger partial charge >= 0.3 is 5.97 Å². The average Bonchev–Trinajstić information content (AvgIpc) is 3.61. The second-order valence-corrected chi connectivity index (χ2v) is 10.0. The Balaban J connectivity index is 1.51. The molecule has 13 heteroatoms. The van der Waals surface area contributed by atoms with E-state index in [2.05, 4.69) is 20.4 Å². The number of ether oxygens (including phenoxy) is 1. The summed E-state index contributed by atoms with van der Waals surface area (Å²) in [7, 11) is 0. The number of hydrogen-bond acceptors (Lipinski definition) is 8. The van der Waals surface area contributed by atoms with Gasteiger partial charge in [-0.25, -0.2) is 9.67 Å². The van der Waals surface area contributed by atoms with Gasteiger partial charge < -0.3 is 10.5 Å². The van der Waals surface area contributed by atoms with Gasteiger partial charge in [0.15, 0.2) is 5.15 Å². The van der Waals surface area contributed by atoms with Crippen molar-refractivity contribution in [3.63, 3.8) is 0 Å². The number of rotatable bonds is 10. The second kappa shape index (κ2) is 12.5. The van der Waals surface area contributed by atoms with Crippen LogP contribution < -0.4 is 11.3 Å². The summed E-state index contributed by atoms with van der Waals surface area (Å²) in [5.74, 6) is -0.402. The third kappa shape index (κ3) is 6.54. The molecule has 0 radical (unpaired) electrons. The molecule has 5 aromatic rings. The molecule has 0 aliphatic rings. The molecule has 210 valence electrons. The van der Waals surface area contributed by atoms with E-state index in [1.54, 1.807) is 43.6 Å². The van der Waals surface area contributed by atoms with Crippen molar-refractivity contribution in [3.05, 3.63) is 111 Å². The Morgan fingerprint density at radius 2 is 1.90 bits per heavy atom. The van der Waals surface area contributed by atoms with Crippen LogP contribution in [0.5, 0.6) is 0 Å². The van der Waals surface area contributed by atoms with E-state index in [0.717, 1.165) is 5.56 Å². The van der Waals surface area contributed by atoms with Crippen LogP contribution >= 0.6 is 23.2 Å². The fourth-order valence-electron chi connectivity index (χ4n) is 4.51. The summed E-state index contributed by atoms with van der Waals surface area (Å²) in [6.07, 6.45) is 5.12. The van der Waals surface area contributed by atoms with Crippen LogP contribution in [0.2, 0.25) is 10.2 Å². The third-order valence-corrected chi connectivity index (χ3v) is 6.85. The smallest absolute Gasteiger partial charge is 0.327 e. The predicted molar refractivity (Wildman–Crippen MR) is 154 cm³/mol. The van der Waals surface area contributed by atoms with Gasteiger partial charge in [-0.05, 0) is 43.2 Å². The quantitative estimate of drug-likeness (QED) is 0.240. The number of carbonyl (C=O) groups excluding carboxylic acids is 1. The number of benzene rings is 2. The molecular formula is C28H26Cl2N8O3. The molecule has 2 aromatic carbocycles. The molecule has 0 saturated heterocycles. The highest BCUT2D eigenvalue weighted by Gasteiger charge is 2.26. The molecular weight excluding hydrogens is 567 g/mol. The lowest BCUT2D eigenvalue weighted by molar-refractivity contribution is -0.144. The molecule has 41 heavy (non-hydrogen) atoms. The normalized spacial score (nSPS) is 12.7. The molecule has 0 bridgehead atoms. The number of aromatic nitrogens is 7. The third-order valence-electron chi connectivity index (χ3n) is 6.44. The van der Waals surface area contributed by atoms with Crippen molar-refractivity contribution in [2.24, 2.45) is 5.73 Å². The van der Waals surface area contributed by atoms with Crippen LogP contribution in [-0.2, 0) is 22.5 Å². The number of carbonyl (C=O) groups is 1. The molecule has 0 saturated carbocycles. The first kappa shape index (κ1) is 28.2. The molecule has 3 aromatic heterocycles. The van der Waals surface area contributed by atoms with Gasteiger partial charge in [0.1, 0.15) is 6.54 Å². The van der Waals surface area contributed by atoms with Crippen molar-refractivity contribution in [3.8, 4) is 16.9 Å². The maximum atomic E-state index is 13.6. The Morgan fingerprint density at radius 1 is 1.10 bits per heavy atom. The lowest BCUT2D eigenvalue weighted by atomic mass is 9.97. The van der Waals surface area contributed by atoms with Crippen LogP contribution in [0.1, 0.15) is 30.3 Å². The fraction of sp³-hybridized carbons (Fsp3) is 0.214. The zero-order valence-corrected chi connectivity index (χ0v) is 23.5. The van der Waals surface area contributed by atoms with Crippen LogP contribution in [0, 0.1) is 0 Å². The van der Waals surface area contributed by atoms with Crippen molar-refractivity contribution in [2.45, 2.75) is 32.0 Å². The Labute approximate surface area is 245 Å². The van der Waals surface area contributed by atoms with E-state index in [1.807, 2.05) is 30.3 Å². The highest BCUT2D eigenvalue weighted by molar-refractivity contribution is 6.31. The van der Waals surface area contributed by atoms with E-state index < -0.39 is 18.1 Å². The summed E-state index contributed by atoms with van der Waals surface area (Å²) < 4.78 is 9.47. The molecule has 0 aliphatic heterocycles. The number of halogens is 2. The van der Waals surface area contributed by atoms with Gasteiger partial charge in [0.2, 0.25) is 0 Å². The standard InChI is InChI=1S/C28H26Cl2N8O3/c1-2-41-27(40)16-36-11-10-21(34-36)28(31)24(12-18-6-4-3-5-7-18)37-17-32-22(14-26(37)39)20-13-19(29)8-9-23(20)38-15-25(30)33-35-38/h3-11,13-15,17,24,28H,2,12,16,31H2,1H3/t24-,28+/m0/s1. The minimum absolute atomic E-state index is 0.0426. The largest absolute Gasteiger partial charge is 0.465 e. The Morgan fingerprint density at radius 3 is 2.61 bits per heavy atom. The highest BCUT2D eigenvalue weighted by Crippen LogP contribution is 2.30. The molecule has 0 aliphatic carbocycles. The molecule has 0 amide bonds. The first-order chi connectivity index (χ1) is 19.8. The van der Waals surface area contributed by atoms with Crippen molar-refractivity contribution < 1.29 is 9.53 Å². The molecule has 11 nitrogen and oxygen atoms in total. The summed E-state index contributed by atoms with van der Waals surface area (Å²) in [4.78, 5) is 30.2. The van der Waals surface area contributed by atoms with Gasteiger partial charge in [-0.1, -0.05) is 58.7 Å². The van der Waals surface area contributed by atoms with E-state index in [0.29, 0.717) is 34.1 Å².